The summed E-state index contributed by atoms with van der Waals surface area (Å²) in [5, 5.41) is 18.6. The molecule has 4 rings (SSSR count). The topological polar surface area (TPSA) is 40.5 Å². The number of aliphatic hydroxyl groups is 2. The second kappa shape index (κ2) is 3.99. The van der Waals surface area contributed by atoms with Crippen molar-refractivity contribution in [1.82, 2.24) is 0 Å². The van der Waals surface area contributed by atoms with Crippen LogP contribution in [0.25, 0.3) is 0 Å². The molecule has 0 heterocycles. The standard InChI is InChI=1S/C14H24O2/c15-3-1-13-12-6-10-5-11(7-12)9-14(13,8-10)2-4-16/h10-13,15-16H,1-9H2. The van der Waals surface area contributed by atoms with Crippen molar-refractivity contribution in [2.24, 2.45) is 29.1 Å². The molecule has 0 saturated heterocycles. The maximum atomic E-state index is 9.35. The van der Waals surface area contributed by atoms with Crippen LogP contribution in [0, 0.1) is 29.1 Å². The summed E-state index contributed by atoms with van der Waals surface area (Å²) >= 11 is 0. The summed E-state index contributed by atoms with van der Waals surface area (Å²) in [6.07, 6.45) is 8.92. The number of hydrogen-bond acceptors (Lipinski definition) is 2. The van der Waals surface area contributed by atoms with Crippen LogP contribution >= 0.6 is 0 Å². The molecule has 3 atom stereocenters. The van der Waals surface area contributed by atoms with Gasteiger partial charge in [-0.3, -0.25) is 0 Å². The van der Waals surface area contributed by atoms with Crippen LogP contribution in [0.2, 0.25) is 0 Å². The molecule has 4 bridgehead atoms. The van der Waals surface area contributed by atoms with Crippen molar-refractivity contribution in [3.63, 3.8) is 0 Å². The molecule has 0 radical (unpaired) electrons. The summed E-state index contributed by atoms with van der Waals surface area (Å²) < 4.78 is 0. The summed E-state index contributed by atoms with van der Waals surface area (Å²) in [6.45, 7) is 0.678. The smallest absolute Gasteiger partial charge is 0.0436 e. The van der Waals surface area contributed by atoms with E-state index in [9.17, 15) is 10.2 Å². The predicted octanol–water partition coefficient (Wildman–Crippen LogP) is 2.19. The largest absolute Gasteiger partial charge is 0.396 e. The SMILES string of the molecule is OCCC1C2CC3CC(C2)CC1(CCO)C3. The molecule has 0 aromatic rings. The first-order chi connectivity index (χ1) is 7.77. The second-order valence-electron chi connectivity index (χ2n) is 6.56. The molecule has 92 valence electrons. The molecule has 0 aromatic carbocycles. The Morgan fingerprint density at radius 1 is 0.938 bits per heavy atom. The van der Waals surface area contributed by atoms with Gasteiger partial charge in [0, 0.05) is 13.2 Å². The van der Waals surface area contributed by atoms with Crippen molar-refractivity contribution >= 4 is 0 Å². The van der Waals surface area contributed by atoms with E-state index in [2.05, 4.69) is 0 Å². The van der Waals surface area contributed by atoms with Gasteiger partial charge in [0.05, 0.1) is 0 Å². The van der Waals surface area contributed by atoms with Gasteiger partial charge in [0.25, 0.3) is 0 Å². The van der Waals surface area contributed by atoms with Gasteiger partial charge in [-0.1, -0.05) is 0 Å². The van der Waals surface area contributed by atoms with Crippen molar-refractivity contribution in [3.05, 3.63) is 0 Å². The molecule has 3 unspecified atom stereocenters. The van der Waals surface area contributed by atoms with Crippen molar-refractivity contribution in [2.75, 3.05) is 13.2 Å². The highest BCUT2D eigenvalue weighted by atomic mass is 16.3. The summed E-state index contributed by atoms with van der Waals surface area (Å²) in [4.78, 5) is 0. The van der Waals surface area contributed by atoms with E-state index in [4.69, 9.17) is 0 Å². The first-order valence-corrected chi connectivity index (χ1v) is 6.99. The van der Waals surface area contributed by atoms with Gasteiger partial charge >= 0.3 is 0 Å². The van der Waals surface area contributed by atoms with E-state index in [1.54, 1.807) is 0 Å². The van der Waals surface area contributed by atoms with E-state index < -0.39 is 0 Å². The lowest BCUT2D eigenvalue weighted by atomic mass is 9.44. The van der Waals surface area contributed by atoms with Gasteiger partial charge in [-0.2, -0.15) is 0 Å². The van der Waals surface area contributed by atoms with E-state index in [-0.39, 0.29) is 0 Å². The lowest BCUT2D eigenvalue weighted by Crippen LogP contribution is -2.53. The number of hydrogen-bond donors (Lipinski definition) is 2. The first kappa shape index (κ1) is 11.0. The Morgan fingerprint density at radius 3 is 2.19 bits per heavy atom. The van der Waals surface area contributed by atoms with E-state index in [1.807, 2.05) is 0 Å². The summed E-state index contributed by atoms with van der Waals surface area (Å²) in [5.74, 6) is 3.46. The molecule has 0 aromatic heterocycles. The van der Waals surface area contributed by atoms with Gasteiger partial charge in [-0.15, -0.1) is 0 Å². The molecule has 2 heteroatoms. The molecule has 4 saturated carbocycles. The molecule has 4 fully saturated rings. The normalized spacial score (nSPS) is 49.9. The maximum absolute atomic E-state index is 9.35. The summed E-state index contributed by atoms with van der Waals surface area (Å²) in [6, 6.07) is 0. The van der Waals surface area contributed by atoms with Gasteiger partial charge in [-0.05, 0) is 74.0 Å². The van der Waals surface area contributed by atoms with Gasteiger partial charge in [0.15, 0.2) is 0 Å². The van der Waals surface area contributed by atoms with Gasteiger partial charge in [0.2, 0.25) is 0 Å². The molecule has 16 heavy (non-hydrogen) atoms. The Labute approximate surface area is 98.1 Å². The molecule has 0 amide bonds. The molecule has 2 nitrogen and oxygen atoms in total. The Kier molecular flexibility index (Phi) is 2.75. The summed E-state index contributed by atoms with van der Waals surface area (Å²) in [5.41, 5.74) is 0.409. The molecule has 4 aliphatic rings. The Balaban J connectivity index is 1.86. The van der Waals surface area contributed by atoms with Crippen LogP contribution in [0.1, 0.15) is 44.9 Å². The lowest BCUT2D eigenvalue weighted by Gasteiger charge is -2.61. The van der Waals surface area contributed by atoms with Gasteiger partial charge in [-0.25, -0.2) is 0 Å². The highest BCUT2D eigenvalue weighted by Crippen LogP contribution is 2.64. The lowest BCUT2D eigenvalue weighted by molar-refractivity contribution is -0.124. The molecule has 4 aliphatic carbocycles. The average Bonchev–Trinajstić information content (AvgIpc) is 2.23. The second-order valence-corrected chi connectivity index (χ2v) is 6.56. The van der Waals surface area contributed by atoms with Crippen LogP contribution in [0.3, 0.4) is 0 Å². The van der Waals surface area contributed by atoms with Crippen LogP contribution in [0.5, 0.6) is 0 Å². The summed E-state index contributed by atoms with van der Waals surface area (Å²) in [7, 11) is 0. The van der Waals surface area contributed by atoms with Gasteiger partial charge < -0.3 is 10.2 Å². The number of aliphatic hydroxyl groups excluding tert-OH is 2. The highest BCUT2D eigenvalue weighted by molar-refractivity contribution is 5.05. The molecular formula is C14H24O2. The fraction of sp³-hybridized carbons (Fsp3) is 1.00. The Morgan fingerprint density at radius 2 is 1.62 bits per heavy atom. The zero-order valence-corrected chi connectivity index (χ0v) is 10.1. The van der Waals surface area contributed by atoms with Crippen molar-refractivity contribution in [1.29, 1.82) is 0 Å². The minimum absolute atomic E-state index is 0.337. The van der Waals surface area contributed by atoms with Crippen LogP contribution < -0.4 is 0 Å². The average molecular weight is 224 g/mol. The van der Waals surface area contributed by atoms with Crippen molar-refractivity contribution in [3.8, 4) is 0 Å². The third kappa shape index (κ3) is 1.53. The van der Waals surface area contributed by atoms with Crippen LogP contribution in [0.15, 0.2) is 0 Å². The van der Waals surface area contributed by atoms with E-state index in [0.29, 0.717) is 24.5 Å². The molecular weight excluding hydrogens is 200 g/mol. The number of rotatable bonds is 4. The van der Waals surface area contributed by atoms with Crippen molar-refractivity contribution < 1.29 is 10.2 Å². The minimum atomic E-state index is 0.337. The van der Waals surface area contributed by atoms with E-state index in [0.717, 1.165) is 30.6 Å². The van der Waals surface area contributed by atoms with Crippen molar-refractivity contribution in [2.45, 2.75) is 44.9 Å². The third-order valence-electron chi connectivity index (χ3n) is 5.73. The molecule has 0 aliphatic heterocycles. The van der Waals surface area contributed by atoms with Crippen LogP contribution in [-0.4, -0.2) is 23.4 Å². The first-order valence-electron chi connectivity index (χ1n) is 6.99. The van der Waals surface area contributed by atoms with Crippen LogP contribution in [0.4, 0.5) is 0 Å². The highest BCUT2D eigenvalue weighted by Gasteiger charge is 2.55. The quantitative estimate of drug-likeness (QED) is 0.768. The Bertz CT molecular complexity index is 249. The van der Waals surface area contributed by atoms with Crippen LogP contribution in [-0.2, 0) is 0 Å². The van der Waals surface area contributed by atoms with E-state index >= 15 is 0 Å². The zero-order chi connectivity index (χ0) is 11.2. The third-order valence-corrected chi connectivity index (χ3v) is 5.73. The Hall–Kier alpha value is -0.0800. The maximum Gasteiger partial charge on any atom is 0.0436 e. The predicted molar refractivity (Wildman–Crippen MR) is 62.9 cm³/mol. The molecule has 0 spiro atoms. The van der Waals surface area contributed by atoms with E-state index in [1.165, 1.54) is 32.1 Å². The zero-order valence-electron chi connectivity index (χ0n) is 10.1. The van der Waals surface area contributed by atoms with Gasteiger partial charge in [0.1, 0.15) is 0 Å². The minimum Gasteiger partial charge on any atom is -0.396 e. The fourth-order valence-corrected chi connectivity index (χ4v) is 5.61. The fourth-order valence-electron chi connectivity index (χ4n) is 5.61. The monoisotopic (exact) mass is 224 g/mol. The molecule has 2 N–H and O–H groups in total.